The first-order chi connectivity index (χ1) is 18.8. The number of hydrogen-bond donors (Lipinski definition) is 1. The van der Waals surface area contributed by atoms with Crippen LogP contribution in [0.15, 0.2) is 127 Å². The maximum absolute atomic E-state index is 13.3. The van der Waals surface area contributed by atoms with Crippen LogP contribution >= 0.6 is 0 Å². The molecule has 1 N–H and O–H groups in total. The van der Waals surface area contributed by atoms with Gasteiger partial charge in [-0.15, -0.1) is 0 Å². The third-order valence-corrected chi connectivity index (χ3v) is 6.10. The molecule has 0 radical (unpaired) electrons. The molecule has 6 aromatic rings. The Labute approximate surface area is 219 Å². The monoisotopic (exact) mass is 494 g/mol. The third-order valence-electron chi connectivity index (χ3n) is 6.10. The molecule has 0 saturated carbocycles. The first-order valence-corrected chi connectivity index (χ1v) is 12.1. The first kappa shape index (κ1) is 23.0. The van der Waals surface area contributed by atoms with E-state index in [1.807, 2.05) is 108 Å². The molecule has 3 aromatic carbocycles. The lowest BCUT2D eigenvalue weighted by atomic mass is 10.0. The number of hydrazone groups is 1. The van der Waals surface area contributed by atoms with Crippen molar-refractivity contribution in [3.8, 4) is 28.2 Å². The lowest BCUT2D eigenvalue weighted by molar-refractivity contribution is 0.0956. The second-order valence-corrected chi connectivity index (χ2v) is 8.59. The topological polar surface area (TPSA) is 85.1 Å². The van der Waals surface area contributed by atoms with E-state index in [1.165, 1.54) is 0 Å². The van der Waals surface area contributed by atoms with Gasteiger partial charge in [-0.3, -0.25) is 9.78 Å². The number of hydrogen-bond acceptors (Lipinski definition) is 5. The summed E-state index contributed by atoms with van der Waals surface area (Å²) in [6, 6.07) is 32.8. The molecule has 0 aliphatic heterocycles. The van der Waals surface area contributed by atoms with Crippen LogP contribution in [0.3, 0.4) is 0 Å². The predicted octanol–water partition coefficient (Wildman–Crippen LogP) is 5.91. The van der Waals surface area contributed by atoms with E-state index in [4.69, 9.17) is 10.1 Å². The number of para-hydroxylation sites is 2. The molecule has 0 aliphatic rings. The molecule has 3 heterocycles. The summed E-state index contributed by atoms with van der Waals surface area (Å²) in [6.07, 6.45) is 6.96. The summed E-state index contributed by atoms with van der Waals surface area (Å²) in [5, 5.41) is 9.85. The molecule has 38 heavy (non-hydrogen) atoms. The lowest BCUT2D eigenvalue weighted by Gasteiger charge is -2.08. The average molecular weight is 495 g/mol. The minimum atomic E-state index is -0.332. The Hall–Kier alpha value is -5.43. The highest BCUT2D eigenvalue weighted by Gasteiger charge is 2.15. The first-order valence-electron chi connectivity index (χ1n) is 12.1. The van der Waals surface area contributed by atoms with Crippen molar-refractivity contribution in [3.05, 3.63) is 133 Å². The fourth-order valence-corrected chi connectivity index (χ4v) is 4.26. The number of carbonyl (C=O) groups is 1. The van der Waals surface area contributed by atoms with Crippen LogP contribution in [-0.4, -0.2) is 31.9 Å². The van der Waals surface area contributed by atoms with E-state index in [2.05, 4.69) is 15.5 Å². The Morgan fingerprint density at radius 2 is 1.58 bits per heavy atom. The Kier molecular flexibility index (Phi) is 6.22. The molecular formula is C31H22N6O. The van der Waals surface area contributed by atoms with Crippen molar-refractivity contribution in [1.29, 1.82) is 0 Å². The fourth-order valence-electron chi connectivity index (χ4n) is 4.26. The van der Waals surface area contributed by atoms with Crippen LogP contribution in [0.5, 0.6) is 0 Å². The van der Waals surface area contributed by atoms with E-state index < -0.39 is 0 Å². The van der Waals surface area contributed by atoms with Crippen LogP contribution < -0.4 is 5.43 Å². The number of pyridine rings is 2. The van der Waals surface area contributed by atoms with Crippen molar-refractivity contribution < 1.29 is 4.79 Å². The molecule has 6 rings (SSSR count). The molecule has 0 atom stereocenters. The van der Waals surface area contributed by atoms with Gasteiger partial charge in [0.1, 0.15) is 5.69 Å². The number of carbonyl (C=O) groups excluding carboxylic acids is 1. The minimum Gasteiger partial charge on any atom is -0.267 e. The van der Waals surface area contributed by atoms with Gasteiger partial charge in [-0.2, -0.15) is 10.2 Å². The summed E-state index contributed by atoms with van der Waals surface area (Å²) >= 11 is 0. The minimum absolute atomic E-state index is 0.332. The summed E-state index contributed by atoms with van der Waals surface area (Å²) < 4.78 is 1.81. The van der Waals surface area contributed by atoms with Crippen molar-refractivity contribution in [3.63, 3.8) is 0 Å². The molecule has 182 valence electrons. The highest BCUT2D eigenvalue weighted by atomic mass is 16.2. The molecule has 3 aromatic heterocycles. The number of nitrogens with one attached hydrogen (secondary N) is 1. The smallest absolute Gasteiger partial charge is 0.267 e. The van der Waals surface area contributed by atoms with E-state index >= 15 is 0 Å². The number of nitrogens with zero attached hydrogens (tertiary/aromatic N) is 5. The van der Waals surface area contributed by atoms with Crippen LogP contribution in [0.2, 0.25) is 0 Å². The van der Waals surface area contributed by atoms with Crippen LogP contribution in [0.25, 0.3) is 39.1 Å². The van der Waals surface area contributed by atoms with E-state index in [0.29, 0.717) is 11.3 Å². The van der Waals surface area contributed by atoms with Gasteiger partial charge >= 0.3 is 0 Å². The molecule has 0 saturated heterocycles. The fraction of sp³-hybridized carbons (Fsp3) is 0. The van der Waals surface area contributed by atoms with Gasteiger partial charge in [-0.25, -0.2) is 15.1 Å². The molecule has 7 heteroatoms. The highest BCUT2D eigenvalue weighted by Crippen LogP contribution is 2.25. The molecule has 0 bridgehead atoms. The van der Waals surface area contributed by atoms with E-state index in [1.54, 1.807) is 24.7 Å². The van der Waals surface area contributed by atoms with Gasteiger partial charge in [0.2, 0.25) is 0 Å². The van der Waals surface area contributed by atoms with Crippen LogP contribution in [-0.2, 0) is 0 Å². The van der Waals surface area contributed by atoms with Gasteiger partial charge in [-0.05, 0) is 36.4 Å². The summed E-state index contributed by atoms with van der Waals surface area (Å²) in [6.45, 7) is 0. The maximum Gasteiger partial charge on any atom is 0.272 e. The Morgan fingerprint density at radius 1 is 0.842 bits per heavy atom. The Morgan fingerprint density at radius 3 is 2.37 bits per heavy atom. The van der Waals surface area contributed by atoms with Crippen molar-refractivity contribution in [2.75, 3.05) is 0 Å². The van der Waals surface area contributed by atoms with Crippen molar-refractivity contribution in [1.82, 2.24) is 25.2 Å². The largest absolute Gasteiger partial charge is 0.272 e. The predicted molar refractivity (Wildman–Crippen MR) is 149 cm³/mol. The van der Waals surface area contributed by atoms with Gasteiger partial charge < -0.3 is 0 Å². The van der Waals surface area contributed by atoms with E-state index in [0.717, 1.165) is 39.0 Å². The van der Waals surface area contributed by atoms with Gasteiger partial charge in [-0.1, -0.05) is 66.7 Å². The molecule has 1 amide bonds. The zero-order valence-corrected chi connectivity index (χ0v) is 20.3. The lowest BCUT2D eigenvalue weighted by Crippen LogP contribution is -2.18. The second kappa shape index (κ2) is 10.3. The maximum atomic E-state index is 13.3. The molecule has 0 fully saturated rings. The Balaban J connectivity index is 1.33. The number of fused-ring (bicyclic) bond motifs is 1. The summed E-state index contributed by atoms with van der Waals surface area (Å²) in [4.78, 5) is 22.2. The number of aromatic nitrogens is 4. The normalized spacial score (nSPS) is 11.2. The molecule has 0 spiro atoms. The number of benzene rings is 3. The molecule has 0 aliphatic carbocycles. The van der Waals surface area contributed by atoms with Crippen molar-refractivity contribution in [2.24, 2.45) is 5.10 Å². The summed E-state index contributed by atoms with van der Waals surface area (Å²) in [5.74, 6) is -0.332. The zero-order chi connectivity index (χ0) is 25.7. The molecule has 0 unspecified atom stereocenters. The number of amides is 1. The second-order valence-electron chi connectivity index (χ2n) is 8.59. The van der Waals surface area contributed by atoms with Crippen LogP contribution in [0, 0.1) is 0 Å². The van der Waals surface area contributed by atoms with Crippen molar-refractivity contribution >= 4 is 23.0 Å². The summed E-state index contributed by atoms with van der Waals surface area (Å²) in [5.41, 5.74) is 8.82. The SMILES string of the molecule is O=C(NN=Cc1cn(-c2ccccc2)nc1-c1ccccc1)c1cc(-c2cccnc2)nc2ccccc12. The van der Waals surface area contributed by atoms with Gasteiger partial charge in [0.15, 0.2) is 0 Å². The highest BCUT2D eigenvalue weighted by molar-refractivity contribution is 6.07. The van der Waals surface area contributed by atoms with Crippen LogP contribution in [0.1, 0.15) is 15.9 Å². The van der Waals surface area contributed by atoms with Crippen LogP contribution in [0.4, 0.5) is 0 Å². The quantitative estimate of drug-likeness (QED) is 0.230. The number of rotatable bonds is 6. The average Bonchev–Trinajstić information content (AvgIpc) is 3.42. The van der Waals surface area contributed by atoms with E-state index in [-0.39, 0.29) is 5.91 Å². The zero-order valence-electron chi connectivity index (χ0n) is 20.3. The molecular weight excluding hydrogens is 472 g/mol. The van der Waals surface area contributed by atoms with Gasteiger partial charge in [0.05, 0.1) is 28.7 Å². The van der Waals surface area contributed by atoms with Crippen molar-refractivity contribution in [2.45, 2.75) is 0 Å². The van der Waals surface area contributed by atoms with Gasteiger partial charge in [0, 0.05) is 40.7 Å². The standard InChI is InChI=1S/C31H22N6O/c38-31(27-18-29(23-12-9-17-32-19-23)34-28-16-8-7-15-26(27)28)35-33-20-24-21-37(25-13-5-2-6-14-25)36-30(24)22-10-3-1-4-11-22/h1-21H,(H,35,38). The summed E-state index contributed by atoms with van der Waals surface area (Å²) in [7, 11) is 0. The third kappa shape index (κ3) is 4.68. The van der Waals surface area contributed by atoms with E-state index in [9.17, 15) is 4.79 Å². The van der Waals surface area contributed by atoms with Gasteiger partial charge in [0.25, 0.3) is 5.91 Å². The molecule has 7 nitrogen and oxygen atoms in total. The Bertz CT molecular complexity index is 1750.